The number of hydrogen-bond donors (Lipinski definition) is 0. The molecule has 1 aliphatic carbocycles. The topological polar surface area (TPSA) is 50.1 Å². The van der Waals surface area contributed by atoms with Gasteiger partial charge in [-0.1, -0.05) is 31.5 Å². The normalized spacial score (nSPS) is 21.4. The summed E-state index contributed by atoms with van der Waals surface area (Å²) in [6.07, 6.45) is -1.49. The number of carbonyl (C=O) groups is 1. The van der Waals surface area contributed by atoms with Crippen LogP contribution in [0.5, 0.6) is 0 Å². The molecule has 2 aromatic rings. The summed E-state index contributed by atoms with van der Waals surface area (Å²) in [5.41, 5.74) is -2.24. The van der Waals surface area contributed by atoms with Crippen LogP contribution in [-0.2, 0) is 10.9 Å². The Labute approximate surface area is 178 Å². The van der Waals surface area contributed by atoms with E-state index in [1.165, 1.54) is 6.07 Å². The molecule has 7 heteroatoms. The quantitative estimate of drug-likeness (QED) is 0.386. The van der Waals surface area contributed by atoms with Gasteiger partial charge in [0.15, 0.2) is 0 Å². The number of esters is 1. The summed E-state index contributed by atoms with van der Waals surface area (Å²) in [4.78, 5) is 12.6. The molecule has 0 unspecified atom stereocenters. The van der Waals surface area contributed by atoms with Gasteiger partial charge in [0.1, 0.15) is 17.5 Å². The van der Waals surface area contributed by atoms with E-state index in [1.54, 1.807) is 30.3 Å². The van der Waals surface area contributed by atoms with Crippen molar-refractivity contribution < 1.29 is 27.1 Å². The molecule has 0 atom stereocenters. The second kappa shape index (κ2) is 9.09. The average Bonchev–Trinajstić information content (AvgIpc) is 2.74. The first kappa shape index (κ1) is 22.8. The van der Waals surface area contributed by atoms with Gasteiger partial charge in [-0.3, -0.25) is 0 Å². The smallest absolute Gasteiger partial charge is 0.417 e. The van der Waals surface area contributed by atoms with Crippen LogP contribution in [0.3, 0.4) is 0 Å². The van der Waals surface area contributed by atoms with Gasteiger partial charge in [-0.2, -0.15) is 18.4 Å². The number of carbonyl (C=O) groups excluding carboxylic acids is 1. The average molecular weight is 433 g/mol. The van der Waals surface area contributed by atoms with Crippen molar-refractivity contribution in [2.24, 2.45) is 0 Å². The van der Waals surface area contributed by atoms with Gasteiger partial charge in [-0.25, -0.2) is 9.18 Å². The fourth-order valence-corrected chi connectivity index (χ4v) is 4.37. The Balaban J connectivity index is 1.80. The molecular formula is C24H23F4NO2. The first-order chi connectivity index (χ1) is 14.7. The van der Waals surface area contributed by atoms with Gasteiger partial charge >= 0.3 is 12.1 Å². The van der Waals surface area contributed by atoms with E-state index < -0.39 is 34.7 Å². The molecule has 1 aliphatic rings. The number of nitrogens with zero attached hydrogens (tertiary/aromatic N) is 1. The van der Waals surface area contributed by atoms with Gasteiger partial charge in [0.05, 0.1) is 16.7 Å². The molecule has 3 nitrogen and oxygen atoms in total. The number of ether oxygens (including phenoxy) is 1. The zero-order chi connectivity index (χ0) is 22.6. The van der Waals surface area contributed by atoms with Gasteiger partial charge in [-0.05, 0) is 67.9 Å². The maximum atomic E-state index is 14.2. The molecule has 1 fully saturated rings. The van der Waals surface area contributed by atoms with E-state index in [4.69, 9.17) is 10.00 Å². The number of alkyl halides is 3. The van der Waals surface area contributed by atoms with E-state index in [1.807, 2.05) is 6.92 Å². The summed E-state index contributed by atoms with van der Waals surface area (Å²) in [6, 6.07) is 11.9. The van der Waals surface area contributed by atoms with Crippen molar-refractivity contribution in [1.82, 2.24) is 0 Å². The van der Waals surface area contributed by atoms with Crippen LogP contribution in [0, 0.1) is 17.1 Å². The van der Waals surface area contributed by atoms with Crippen LogP contribution in [0.15, 0.2) is 42.5 Å². The highest BCUT2D eigenvalue weighted by atomic mass is 19.4. The van der Waals surface area contributed by atoms with Crippen molar-refractivity contribution in [3.05, 3.63) is 70.5 Å². The summed E-state index contributed by atoms with van der Waals surface area (Å²) in [6.45, 7) is 1.98. The molecule has 31 heavy (non-hydrogen) atoms. The van der Waals surface area contributed by atoms with E-state index in [2.05, 4.69) is 0 Å². The zero-order valence-corrected chi connectivity index (χ0v) is 17.1. The molecule has 0 aliphatic heterocycles. The van der Waals surface area contributed by atoms with Crippen molar-refractivity contribution in [3.8, 4) is 6.07 Å². The Bertz CT molecular complexity index is 972. The largest absolute Gasteiger partial charge is 0.455 e. The van der Waals surface area contributed by atoms with Crippen LogP contribution in [0.4, 0.5) is 17.6 Å². The summed E-state index contributed by atoms with van der Waals surface area (Å²) >= 11 is 0. The van der Waals surface area contributed by atoms with Gasteiger partial charge in [0, 0.05) is 0 Å². The third-order valence-electron chi connectivity index (χ3n) is 5.92. The van der Waals surface area contributed by atoms with Crippen LogP contribution in [0.25, 0.3) is 0 Å². The number of nitriles is 1. The Kier molecular flexibility index (Phi) is 6.68. The minimum Gasteiger partial charge on any atom is -0.455 e. The van der Waals surface area contributed by atoms with Crippen molar-refractivity contribution in [3.63, 3.8) is 0 Å². The molecule has 0 saturated heterocycles. The Morgan fingerprint density at radius 3 is 2.39 bits per heavy atom. The number of rotatable bonds is 5. The van der Waals surface area contributed by atoms with E-state index in [-0.39, 0.29) is 11.5 Å². The highest BCUT2D eigenvalue weighted by Crippen LogP contribution is 2.44. The van der Waals surface area contributed by atoms with Gasteiger partial charge < -0.3 is 4.74 Å². The fraction of sp³-hybridized carbons (Fsp3) is 0.417. The van der Waals surface area contributed by atoms with Crippen molar-refractivity contribution in [2.45, 2.75) is 63.1 Å². The predicted molar refractivity (Wildman–Crippen MR) is 107 cm³/mol. The molecule has 0 amide bonds. The highest BCUT2D eigenvalue weighted by Gasteiger charge is 2.40. The molecule has 164 valence electrons. The first-order valence-electron chi connectivity index (χ1n) is 10.3. The SMILES string of the molecule is CCCC1(OC(=O)c2ccccc2)CCC(c2cc(F)c(C#N)c(C(F)(F)F)c2)CC1. The van der Waals surface area contributed by atoms with Crippen molar-refractivity contribution >= 4 is 5.97 Å². The third kappa shape index (κ3) is 5.07. The van der Waals surface area contributed by atoms with Crippen LogP contribution in [-0.4, -0.2) is 11.6 Å². The second-order valence-electron chi connectivity index (χ2n) is 8.00. The van der Waals surface area contributed by atoms with Gasteiger partial charge in [0.25, 0.3) is 0 Å². The van der Waals surface area contributed by atoms with E-state index in [0.29, 0.717) is 37.7 Å². The number of hydrogen-bond acceptors (Lipinski definition) is 3. The minimum absolute atomic E-state index is 0.225. The highest BCUT2D eigenvalue weighted by molar-refractivity contribution is 5.89. The van der Waals surface area contributed by atoms with Crippen LogP contribution in [0.2, 0.25) is 0 Å². The molecule has 2 aromatic carbocycles. The monoisotopic (exact) mass is 433 g/mol. The lowest BCUT2D eigenvalue weighted by molar-refractivity contribution is -0.138. The standard InChI is InChI=1S/C24H23F4NO2/c1-2-10-23(31-22(30)17-6-4-3-5-7-17)11-8-16(9-12-23)18-13-20(24(26,27)28)19(15-29)21(25)14-18/h3-7,13-14,16H,2,8-12H2,1H3. The molecule has 0 N–H and O–H groups in total. The van der Waals surface area contributed by atoms with Crippen molar-refractivity contribution in [2.75, 3.05) is 0 Å². The molecule has 0 spiro atoms. The molecule has 0 aromatic heterocycles. The second-order valence-corrected chi connectivity index (χ2v) is 8.00. The fourth-order valence-electron chi connectivity index (χ4n) is 4.37. The lowest BCUT2D eigenvalue weighted by atomic mass is 9.73. The zero-order valence-electron chi connectivity index (χ0n) is 17.1. The van der Waals surface area contributed by atoms with Crippen molar-refractivity contribution in [1.29, 1.82) is 5.26 Å². The lowest BCUT2D eigenvalue weighted by Gasteiger charge is -2.40. The predicted octanol–water partition coefficient (Wildman–Crippen LogP) is 6.77. The number of benzene rings is 2. The molecule has 0 bridgehead atoms. The molecular weight excluding hydrogens is 410 g/mol. The van der Waals surface area contributed by atoms with Crippen LogP contribution in [0.1, 0.15) is 78.4 Å². The maximum absolute atomic E-state index is 14.2. The summed E-state index contributed by atoms with van der Waals surface area (Å²) < 4.78 is 60.1. The summed E-state index contributed by atoms with van der Waals surface area (Å²) in [5.74, 6) is -1.88. The Morgan fingerprint density at radius 2 is 1.84 bits per heavy atom. The Morgan fingerprint density at radius 1 is 1.19 bits per heavy atom. The molecule has 1 saturated carbocycles. The summed E-state index contributed by atoms with van der Waals surface area (Å²) in [7, 11) is 0. The molecule has 0 radical (unpaired) electrons. The van der Waals surface area contributed by atoms with Crippen LogP contribution >= 0.6 is 0 Å². The van der Waals surface area contributed by atoms with Crippen LogP contribution < -0.4 is 0 Å². The number of halogens is 4. The van der Waals surface area contributed by atoms with E-state index in [9.17, 15) is 22.4 Å². The van der Waals surface area contributed by atoms with E-state index >= 15 is 0 Å². The summed E-state index contributed by atoms with van der Waals surface area (Å²) in [5, 5.41) is 8.93. The van der Waals surface area contributed by atoms with E-state index in [0.717, 1.165) is 18.6 Å². The molecule has 3 rings (SSSR count). The first-order valence-corrected chi connectivity index (χ1v) is 10.3. The lowest BCUT2D eigenvalue weighted by Crippen LogP contribution is -2.38. The minimum atomic E-state index is -4.81. The van der Waals surface area contributed by atoms with Gasteiger partial charge in [0.2, 0.25) is 0 Å². The molecule has 0 heterocycles. The Hall–Kier alpha value is -2.88. The maximum Gasteiger partial charge on any atom is 0.417 e. The third-order valence-corrected chi connectivity index (χ3v) is 5.92. The van der Waals surface area contributed by atoms with Gasteiger partial charge in [-0.15, -0.1) is 0 Å².